The Morgan fingerprint density at radius 2 is 2.26 bits per heavy atom. The summed E-state index contributed by atoms with van der Waals surface area (Å²) in [4.78, 5) is 9.01. The normalized spacial score (nSPS) is 22.8. The fraction of sp³-hybridized carbons (Fsp3) is 0.727. The maximum atomic E-state index is 12.6. The van der Waals surface area contributed by atoms with Gasteiger partial charge in [-0.15, -0.1) is 0 Å². The smallest absolute Gasteiger partial charge is 0.260 e. The van der Waals surface area contributed by atoms with Gasteiger partial charge in [-0.3, -0.25) is 0 Å². The molecule has 8 heteroatoms. The van der Waals surface area contributed by atoms with E-state index >= 15 is 0 Å². The fourth-order valence-electron chi connectivity index (χ4n) is 2.28. The summed E-state index contributed by atoms with van der Waals surface area (Å²) in [5, 5.41) is 0.160. The maximum Gasteiger partial charge on any atom is 0.260 e. The number of hydrogen-bond acceptors (Lipinski definition) is 5. The van der Waals surface area contributed by atoms with Crippen molar-refractivity contribution in [2.45, 2.75) is 24.4 Å². The third-order valence-electron chi connectivity index (χ3n) is 3.43. The third kappa shape index (κ3) is 2.81. The van der Waals surface area contributed by atoms with Crippen molar-refractivity contribution in [2.75, 3.05) is 33.2 Å². The van der Waals surface area contributed by atoms with Crippen molar-refractivity contribution >= 4 is 10.0 Å². The number of hydrogen-bond donors (Lipinski definition) is 2. The molecular formula is C11H21N5O2S. The van der Waals surface area contributed by atoms with E-state index in [0.29, 0.717) is 38.4 Å². The van der Waals surface area contributed by atoms with Crippen LogP contribution in [0.5, 0.6) is 0 Å². The number of aryl methyl sites for hydroxylation is 1. The van der Waals surface area contributed by atoms with Gasteiger partial charge in [-0.05, 0) is 7.05 Å². The molecule has 1 aromatic rings. The average molecular weight is 287 g/mol. The van der Waals surface area contributed by atoms with Crippen LogP contribution in [0.2, 0.25) is 0 Å². The number of H-pyrrole nitrogens is 1. The Morgan fingerprint density at radius 1 is 1.53 bits per heavy atom. The van der Waals surface area contributed by atoms with Crippen molar-refractivity contribution in [1.82, 2.24) is 19.2 Å². The van der Waals surface area contributed by atoms with E-state index in [4.69, 9.17) is 5.73 Å². The van der Waals surface area contributed by atoms with E-state index in [-0.39, 0.29) is 11.1 Å². The second-order valence-corrected chi connectivity index (χ2v) is 6.67. The summed E-state index contributed by atoms with van der Waals surface area (Å²) in [6.45, 7) is 4.07. The lowest BCUT2D eigenvalue weighted by molar-refractivity contribution is 0.163. The van der Waals surface area contributed by atoms with Gasteiger partial charge in [-0.2, -0.15) is 4.31 Å². The van der Waals surface area contributed by atoms with Gasteiger partial charge in [0.1, 0.15) is 5.82 Å². The van der Waals surface area contributed by atoms with Gasteiger partial charge in [0.2, 0.25) is 0 Å². The summed E-state index contributed by atoms with van der Waals surface area (Å²) < 4.78 is 26.6. The van der Waals surface area contributed by atoms with E-state index in [1.165, 1.54) is 10.5 Å². The highest BCUT2D eigenvalue weighted by Crippen LogP contribution is 2.19. The molecule has 1 unspecified atom stereocenters. The van der Waals surface area contributed by atoms with Gasteiger partial charge in [-0.25, -0.2) is 13.4 Å². The van der Waals surface area contributed by atoms with Crippen molar-refractivity contribution in [3.8, 4) is 0 Å². The summed E-state index contributed by atoms with van der Waals surface area (Å²) in [7, 11) is -1.56. The van der Waals surface area contributed by atoms with Crippen LogP contribution in [0.25, 0.3) is 0 Å². The van der Waals surface area contributed by atoms with Crippen LogP contribution in [0, 0.1) is 0 Å². The van der Waals surface area contributed by atoms with Crippen LogP contribution in [-0.4, -0.2) is 66.9 Å². The van der Waals surface area contributed by atoms with E-state index < -0.39 is 10.0 Å². The molecule has 0 saturated carbocycles. The number of likely N-dealkylation sites (N-methyl/N-ethyl adjacent to an activating group) is 1. The summed E-state index contributed by atoms with van der Waals surface area (Å²) >= 11 is 0. The van der Waals surface area contributed by atoms with Gasteiger partial charge in [0.05, 0.1) is 12.2 Å². The van der Waals surface area contributed by atoms with Crippen LogP contribution in [0.1, 0.15) is 12.7 Å². The van der Waals surface area contributed by atoms with E-state index in [0.717, 1.165) is 0 Å². The Kier molecular flexibility index (Phi) is 4.24. The maximum absolute atomic E-state index is 12.6. The molecule has 0 bridgehead atoms. The van der Waals surface area contributed by atoms with E-state index in [1.807, 2.05) is 14.0 Å². The minimum atomic E-state index is -3.53. The average Bonchev–Trinajstić information content (AvgIpc) is 2.87. The zero-order valence-electron chi connectivity index (χ0n) is 11.3. The summed E-state index contributed by atoms with van der Waals surface area (Å²) in [5.41, 5.74) is 5.70. The number of rotatable bonds is 4. The second kappa shape index (κ2) is 5.58. The quantitative estimate of drug-likeness (QED) is 0.758. The number of aromatic amines is 1. The summed E-state index contributed by atoms with van der Waals surface area (Å²) in [5.74, 6) is 0.678. The van der Waals surface area contributed by atoms with Crippen LogP contribution in [0.3, 0.4) is 0 Å². The summed E-state index contributed by atoms with van der Waals surface area (Å²) in [6, 6.07) is -0.183. The molecule has 1 aliphatic rings. The van der Waals surface area contributed by atoms with Crippen molar-refractivity contribution in [3.63, 3.8) is 0 Å². The zero-order chi connectivity index (χ0) is 14.0. The minimum absolute atomic E-state index is 0.160. The molecule has 108 valence electrons. The molecule has 2 rings (SSSR count). The Balaban J connectivity index is 2.27. The van der Waals surface area contributed by atoms with Crippen LogP contribution < -0.4 is 5.73 Å². The molecule has 1 fully saturated rings. The van der Waals surface area contributed by atoms with Gasteiger partial charge in [0.15, 0.2) is 5.03 Å². The Bertz CT molecular complexity index is 527. The van der Waals surface area contributed by atoms with Gasteiger partial charge >= 0.3 is 0 Å². The molecule has 7 nitrogen and oxygen atoms in total. The monoisotopic (exact) mass is 287 g/mol. The highest BCUT2D eigenvalue weighted by molar-refractivity contribution is 7.89. The molecule has 19 heavy (non-hydrogen) atoms. The first-order valence-electron chi connectivity index (χ1n) is 6.43. The second-order valence-electron chi connectivity index (χ2n) is 4.82. The predicted molar refractivity (Wildman–Crippen MR) is 72.2 cm³/mol. The lowest BCUT2D eigenvalue weighted by Crippen LogP contribution is -2.56. The van der Waals surface area contributed by atoms with Crippen LogP contribution in [0.15, 0.2) is 11.2 Å². The van der Waals surface area contributed by atoms with E-state index in [9.17, 15) is 8.42 Å². The number of sulfonamides is 1. The van der Waals surface area contributed by atoms with Gasteiger partial charge < -0.3 is 15.6 Å². The van der Waals surface area contributed by atoms with E-state index in [1.54, 1.807) is 0 Å². The highest BCUT2D eigenvalue weighted by Gasteiger charge is 2.35. The lowest BCUT2D eigenvalue weighted by atomic mass is 10.2. The number of nitrogens with one attached hydrogen (secondary N) is 1. The van der Waals surface area contributed by atoms with E-state index in [2.05, 4.69) is 14.9 Å². The molecule has 0 aromatic carbocycles. The van der Waals surface area contributed by atoms with Crippen LogP contribution >= 0.6 is 0 Å². The molecule has 1 aromatic heterocycles. The first-order chi connectivity index (χ1) is 8.98. The molecular weight excluding hydrogens is 266 g/mol. The van der Waals surface area contributed by atoms with Crippen molar-refractivity contribution in [2.24, 2.45) is 5.73 Å². The molecule has 0 radical (unpaired) electrons. The van der Waals surface area contributed by atoms with Gasteiger partial charge in [0.25, 0.3) is 10.0 Å². The Morgan fingerprint density at radius 3 is 2.84 bits per heavy atom. The highest BCUT2D eigenvalue weighted by atomic mass is 32.2. The molecule has 1 atom stereocenters. The molecule has 0 amide bonds. The van der Waals surface area contributed by atoms with Crippen molar-refractivity contribution in [3.05, 3.63) is 12.0 Å². The first-order valence-corrected chi connectivity index (χ1v) is 7.87. The minimum Gasteiger partial charge on any atom is -0.332 e. The van der Waals surface area contributed by atoms with Crippen molar-refractivity contribution in [1.29, 1.82) is 0 Å². The topological polar surface area (TPSA) is 95.3 Å². The third-order valence-corrected chi connectivity index (χ3v) is 5.29. The SMILES string of the molecule is CCc1ncc(S(=O)(=O)N2CCN(C)CC2CN)[nH]1. The number of imidazole rings is 1. The fourth-order valence-corrected chi connectivity index (χ4v) is 3.84. The Labute approximate surface area is 113 Å². The predicted octanol–water partition coefficient (Wildman–Crippen LogP) is -0.764. The lowest BCUT2D eigenvalue weighted by Gasteiger charge is -2.38. The molecule has 1 saturated heterocycles. The molecule has 1 aliphatic heterocycles. The van der Waals surface area contributed by atoms with Gasteiger partial charge in [-0.1, -0.05) is 6.92 Å². The molecule has 0 spiro atoms. The number of nitrogens with zero attached hydrogens (tertiary/aromatic N) is 3. The van der Waals surface area contributed by atoms with Crippen LogP contribution in [-0.2, 0) is 16.4 Å². The largest absolute Gasteiger partial charge is 0.332 e. The first kappa shape index (κ1) is 14.4. The Hall–Kier alpha value is -0.960. The number of aromatic nitrogens is 2. The molecule has 2 heterocycles. The standard InChI is InChI=1S/C11H21N5O2S/c1-3-10-13-7-11(14-10)19(17,18)16-5-4-15(2)8-9(16)6-12/h7,9H,3-6,8,12H2,1-2H3,(H,13,14). The van der Waals surface area contributed by atoms with Gasteiger partial charge in [0, 0.05) is 32.6 Å². The summed E-state index contributed by atoms with van der Waals surface area (Å²) in [6.07, 6.45) is 2.07. The van der Waals surface area contributed by atoms with Crippen molar-refractivity contribution < 1.29 is 8.42 Å². The molecule has 3 N–H and O–H groups in total. The number of nitrogens with two attached hydrogens (primary N) is 1. The number of piperazine rings is 1. The van der Waals surface area contributed by atoms with Crippen LogP contribution in [0.4, 0.5) is 0 Å². The zero-order valence-corrected chi connectivity index (χ0v) is 12.2. The molecule has 0 aliphatic carbocycles.